The average molecular weight is 601 g/mol. The van der Waals surface area contributed by atoms with Gasteiger partial charge in [0.15, 0.2) is 49.4 Å². The lowest BCUT2D eigenvalue weighted by Crippen LogP contribution is -2.59. The summed E-state index contributed by atoms with van der Waals surface area (Å²) in [5.74, 6) is 0. The van der Waals surface area contributed by atoms with Gasteiger partial charge in [-0.15, -0.1) is 0 Å². The van der Waals surface area contributed by atoms with Gasteiger partial charge in [0.25, 0.3) is 0 Å². The minimum atomic E-state index is -1.69. The molecule has 36 heavy (non-hydrogen) atoms. The van der Waals surface area contributed by atoms with Crippen molar-refractivity contribution in [3.63, 3.8) is 0 Å². The molecular formula is C24H60N6Si6. The van der Waals surface area contributed by atoms with Crippen LogP contribution in [0.4, 0.5) is 0 Å². The van der Waals surface area contributed by atoms with E-state index in [2.05, 4.69) is 131 Å². The van der Waals surface area contributed by atoms with Crippen LogP contribution in [0.5, 0.6) is 0 Å². The molecular weight excluding hydrogens is 541 g/mol. The summed E-state index contributed by atoms with van der Waals surface area (Å²) in [6.07, 6.45) is 3.09. The van der Waals surface area contributed by atoms with Gasteiger partial charge in [-0.25, -0.2) is 0 Å². The number of nitrogens with zero attached hydrogens (tertiary/aromatic N) is 6. The van der Waals surface area contributed by atoms with Crippen LogP contribution >= 0.6 is 0 Å². The highest BCUT2D eigenvalue weighted by atomic mass is 28.4. The van der Waals surface area contributed by atoms with Crippen LogP contribution in [-0.2, 0) is 0 Å². The van der Waals surface area contributed by atoms with E-state index in [-0.39, 0.29) is 0 Å². The molecule has 1 rings (SSSR count). The normalized spacial score (nSPS) is 20.3. The zero-order valence-electron chi connectivity index (χ0n) is 27.3. The van der Waals surface area contributed by atoms with Gasteiger partial charge in [-0.1, -0.05) is 118 Å². The fraction of sp³-hybridized carbons (Fsp3) is 0.875. The molecule has 0 aromatic rings. The first kappa shape index (κ1) is 33.7. The zero-order chi connectivity index (χ0) is 28.7. The fourth-order valence-electron chi connectivity index (χ4n) is 5.40. The second kappa shape index (κ2) is 11.1. The number of hydrogen-bond acceptors (Lipinski definition) is 6. The Bertz CT molecular complexity index is 764. The second-order valence-electron chi connectivity index (χ2n) is 16.4. The summed E-state index contributed by atoms with van der Waals surface area (Å²) in [7, 11) is -9.95. The number of hydrazone groups is 3. The molecule has 0 atom stereocenters. The molecule has 0 bridgehead atoms. The molecule has 0 saturated heterocycles. The van der Waals surface area contributed by atoms with Gasteiger partial charge in [0.2, 0.25) is 0 Å². The average Bonchev–Trinajstić information content (AvgIpc) is 2.56. The molecule has 0 aliphatic heterocycles. The second-order valence-corrected chi connectivity index (χ2v) is 46.3. The van der Waals surface area contributed by atoms with E-state index in [4.69, 9.17) is 15.3 Å². The summed E-state index contributed by atoms with van der Waals surface area (Å²) < 4.78 is 7.69. The van der Waals surface area contributed by atoms with E-state index in [1.807, 2.05) is 0 Å². The summed E-state index contributed by atoms with van der Waals surface area (Å²) in [5, 5.41) is 16.7. The maximum absolute atomic E-state index is 5.60. The summed E-state index contributed by atoms with van der Waals surface area (Å²) >= 11 is 0. The van der Waals surface area contributed by atoms with Gasteiger partial charge in [0.05, 0.1) is 11.4 Å². The highest BCUT2D eigenvalue weighted by Crippen LogP contribution is 2.27. The summed E-state index contributed by atoms with van der Waals surface area (Å²) in [5.41, 5.74) is 3.45. The molecule has 0 aromatic heterocycles. The van der Waals surface area contributed by atoms with Crippen molar-refractivity contribution < 1.29 is 0 Å². The minimum Gasteiger partial charge on any atom is -0.350 e. The number of hydrogen-bond donors (Lipinski definition) is 0. The van der Waals surface area contributed by atoms with Gasteiger partial charge in [-0.2, -0.15) is 15.3 Å². The highest BCUT2D eigenvalue weighted by Gasteiger charge is 2.39. The van der Waals surface area contributed by atoms with Gasteiger partial charge >= 0.3 is 0 Å². The van der Waals surface area contributed by atoms with Crippen molar-refractivity contribution in [1.29, 1.82) is 0 Å². The molecule has 0 N–H and O–H groups in total. The molecule has 0 unspecified atom stereocenters. The Morgan fingerprint density at radius 1 is 0.389 bits per heavy atom. The van der Waals surface area contributed by atoms with Gasteiger partial charge in [0.1, 0.15) is 5.71 Å². The van der Waals surface area contributed by atoms with E-state index < -0.39 is 49.4 Å². The van der Waals surface area contributed by atoms with Crippen molar-refractivity contribution in [2.75, 3.05) is 0 Å². The van der Waals surface area contributed by atoms with Crippen molar-refractivity contribution >= 4 is 66.5 Å². The Labute approximate surface area is 231 Å². The maximum atomic E-state index is 5.60. The quantitative estimate of drug-likeness (QED) is 0.198. The van der Waals surface area contributed by atoms with Crippen LogP contribution in [0.2, 0.25) is 118 Å². The van der Waals surface area contributed by atoms with Crippen molar-refractivity contribution in [3.05, 3.63) is 0 Å². The minimum absolute atomic E-state index is 0.994. The largest absolute Gasteiger partial charge is 0.350 e. The maximum Gasteiger partial charge on any atom is 0.158 e. The van der Waals surface area contributed by atoms with Crippen LogP contribution in [-0.4, -0.2) is 79.6 Å². The van der Waals surface area contributed by atoms with E-state index in [9.17, 15) is 0 Å². The third kappa shape index (κ3) is 9.47. The third-order valence-electron chi connectivity index (χ3n) is 5.83. The van der Waals surface area contributed by atoms with Crippen LogP contribution in [0.25, 0.3) is 0 Å². The van der Waals surface area contributed by atoms with Crippen molar-refractivity contribution in [3.8, 4) is 0 Å². The van der Waals surface area contributed by atoms with E-state index in [1.165, 1.54) is 11.4 Å². The Morgan fingerprint density at radius 2 is 0.611 bits per heavy atom. The van der Waals surface area contributed by atoms with Gasteiger partial charge < -0.3 is 13.0 Å². The third-order valence-corrected chi connectivity index (χ3v) is 26.1. The monoisotopic (exact) mass is 600 g/mol. The molecule has 1 fully saturated rings. The predicted molar refractivity (Wildman–Crippen MR) is 182 cm³/mol. The molecule has 0 heterocycles. The molecule has 1 aliphatic rings. The van der Waals surface area contributed by atoms with E-state index in [0.717, 1.165) is 25.0 Å². The van der Waals surface area contributed by atoms with Crippen molar-refractivity contribution in [2.24, 2.45) is 15.3 Å². The van der Waals surface area contributed by atoms with Crippen LogP contribution in [0.1, 0.15) is 19.3 Å². The molecule has 1 aliphatic carbocycles. The Kier molecular flexibility index (Phi) is 10.4. The van der Waals surface area contributed by atoms with Crippen LogP contribution in [0, 0.1) is 0 Å². The van der Waals surface area contributed by atoms with Gasteiger partial charge in [-0.3, -0.25) is 0 Å². The fourth-order valence-corrected chi connectivity index (χ4v) is 32.0. The van der Waals surface area contributed by atoms with E-state index in [0.29, 0.717) is 0 Å². The molecule has 6 nitrogen and oxygen atoms in total. The molecule has 0 amide bonds. The molecule has 0 radical (unpaired) electrons. The lowest BCUT2D eigenvalue weighted by atomic mass is 9.94. The van der Waals surface area contributed by atoms with Crippen LogP contribution in [0.3, 0.4) is 0 Å². The Balaban J connectivity index is 4.02. The SMILES string of the molecule is C[Si](C)(C)N(/N=C1/CCCC(=N\N([Si](C)(C)C)[Si](C)(C)C)/C1=N\N([Si](C)(C)C)[Si](C)(C)C)[Si](C)(C)C. The molecule has 210 valence electrons. The van der Waals surface area contributed by atoms with Crippen molar-refractivity contribution in [1.82, 2.24) is 13.0 Å². The molecule has 1 saturated carbocycles. The first-order valence-electron chi connectivity index (χ1n) is 13.8. The smallest absolute Gasteiger partial charge is 0.158 e. The van der Waals surface area contributed by atoms with Gasteiger partial charge in [-0.05, 0) is 19.3 Å². The zero-order valence-corrected chi connectivity index (χ0v) is 33.3. The Morgan fingerprint density at radius 3 is 0.833 bits per heavy atom. The number of rotatable bonds is 9. The highest BCUT2D eigenvalue weighted by molar-refractivity contribution is 6.91. The topological polar surface area (TPSA) is 46.8 Å². The molecule has 0 aromatic carbocycles. The molecule has 12 heteroatoms. The molecule has 0 spiro atoms. The predicted octanol–water partition coefficient (Wildman–Crippen LogP) is 8.15. The summed E-state index contributed by atoms with van der Waals surface area (Å²) in [4.78, 5) is 0. The standard InChI is InChI=1S/C24H60N6Si6/c1-31(2,3)28(32(4,5)6)25-22-20-19-21-23(26-29(33(7,8)9)34(10,11)12)24(22)27-30(35(13,14)15)36(16,17)18/h19-21H2,1-18H3/b25-22-,26-23+,27-24-. The van der Waals surface area contributed by atoms with Crippen LogP contribution in [0.15, 0.2) is 15.3 Å². The van der Waals surface area contributed by atoms with Crippen LogP contribution < -0.4 is 0 Å². The summed E-state index contributed by atoms with van der Waals surface area (Å²) in [6, 6.07) is 0. The van der Waals surface area contributed by atoms with E-state index >= 15 is 0 Å². The lowest BCUT2D eigenvalue weighted by molar-refractivity contribution is 0.647. The van der Waals surface area contributed by atoms with Gasteiger partial charge in [0, 0.05) is 0 Å². The van der Waals surface area contributed by atoms with Crippen molar-refractivity contribution in [2.45, 2.75) is 137 Å². The lowest BCUT2D eigenvalue weighted by Gasteiger charge is -2.44. The van der Waals surface area contributed by atoms with E-state index in [1.54, 1.807) is 0 Å². The Hall–Kier alpha value is -0.289. The summed E-state index contributed by atoms with van der Waals surface area (Å²) in [6.45, 7) is 43.7. The first-order chi connectivity index (χ1) is 15.7. The first-order valence-corrected chi connectivity index (χ1v) is 34.5.